The molecule has 0 N–H and O–H groups in total. The third-order valence-electron chi connectivity index (χ3n) is 2.35. The zero-order valence-corrected chi connectivity index (χ0v) is 11.4. The van der Waals surface area contributed by atoms with Crippen LogP contribution in [0.4, 0.5) is 0 Å². The van der Waals surface area contributed by atoms with E-state index in [0.717, 1.165) is 0 Å². The highest BCUT2D eigenvalue weighted by molar-refractivity contribution is 9.10. The Morgan fingerprint density at radius 3 is 2.29 bits per heavy atom. The Hall–Kier alpha value is -1.54. The van der Waals surface area contributed by atoms with E-state index in [1.54, 1.807) is 12.1 Å². The van der Waals surface area contributed by atoms with Crippen LogP contribution in [0.3, 0.4) is 0 Å². The zero-order chi connectivity index (χ0) is 13.0. The molecule has 0 bridgehead atoms. The number of rotatable bonds is 4. The molecule has 90 valence electrons. The molecule has 0 saturated heterocycles. The number of nitriles is 1. The SMILES string of the molecule is COc1cc(Br)c(C(C#N)C(C)=O)cc1OC. The van der Waals surface area contributed by atoms with E-state index in [4.69, 9.17) is 14.7 Å². The van der Waals surface area contributed by atoms with Crippen LogP contribution >= 0.6 is 15.9 Å². The second kappa shape index (κ2) is 5.69. The summed E-state index contributed by atoms with van der Waals surface area (Å²) in [4.78, 5) is 11.4. The van der Waals surface area contributed by atoms with Crippen molar-refractivity contribution in [3.63, 3.8) is 0 Å². The highest BCUT2D eigenvalue weighted by atomic mass is 79.9. The molecule has 0 radical (unpaired) electrons. The molecule has 4 nitrogen and oxygen atoms in total. The molecular weight excluding hydrogens is 286 g/mol. The van der Waals surface area contributed by atoms with Gasteiger partial charge in [0.15, 0.2) is 17.3 Å². The molecule has 0 heterocycles. The van der Waals surface area contributed by atoms with Crippen molar-refractivity contribution in [2.45, 2.75) is 12.8 Å². The predicted octanol–water partition coefficient (Wildman–Crippen LogP) is 2.66. The maximum Gasteiger partial charge on any atom is 0.161 e. The van der Waals surface area contributed by atoms with Crippen molar-refractivity contribution >= 4 is 21.7 Å². The fraction of sp³-hybridized carbons (Fsp3) is 0.333. The topological polar surface area (TPSA) is 59.3 Å². The fourth-order valence-electron chi connectivity index (χ4n) is 1.47. The summed E-state index contributed by atoms with van der Waals surface area (Å²) >= 11 is 3.32. The van der Waals surface area contributed by atoms with Gasteiger partial charge in [-0.1, -0.05) is 15.9 Å². The number of nitrogens with zero attached hydrogens (tertiary/aromatic N) is 1. The monoisotopic (exact) mass is 297 g/mol. The second-order valence-corrected chi connectivity index (χ2v) is 4.26. The van der Waals surface area contributed by atoms with Gasteiger partial charge in [0, 0.05) is 4.47 Å². The Balaban J connectivity index is 3.35. The van der Waals surface area contributed by atoms with Crippen LogP contribution in [0.25, 0.3) is 0 Å². The van der Waals surface area contributed by atoms with Crippen LogP contribution in [-0.2, 0) is 4.79 Å². The van der Waals surface area contributed by atoms with Gasteiger partial charge in [-0.3, -0.25) is 4.79 Å². The van der Waals surface area contributed by atoms with Crippen molar-refractivity contribution in [2.75, 3.05) is 14.2 Å². The van der Waals surface area contributed by atoms with Crippen LogP contribution in [0.15, 0.2) is 16.6 Å². The van der Waals surface area contributed by atoms with Crippen LogP contribution in [0, 0.1) is 11.3 Å². The van der Waals surface area contributed by atoms with Crippen molar-refractivity contribution in [3.05, 3.63) is 22.2 Å². The molecule has 0 saturated carbocycles. The number of hydrogen-bond acceptors (Lipinski definition) is 4. The van der Waals surface area contributed by atoms with E-state index in [2.05, 4.69) is 15.9 Å². The van der Waals surface area contributed by atoms with Gasteiger partial charge >= 0.3 is 0 Å². The Morgan fingerprint density at radius 1 is 1.35 bits per heavy atom. The molecule has 1 atom stereocenters. The average Bonchev–Trinajstić information content (AvgIpc) is 2.31. The number of hydrogen-bond donors (Lipinski definition) is 0. The second-order valence-electron chi connectivity index (χ2n) is 3.40. The van der Waals surface area contributed by atoms with Crippen molar-refractivity contribution in [2.24, 2.45) is 0 Å². The summed E-state index contributed by atoms with van der Waals surface area (Å²) in [6.45, 7) is 1.39. The average molecular weight is 298 g/mol. The van der Waals surface area contributed by atoms with E-state index < -0.39 is 5.92 Å². The number of ether oxygens (including phenoxy) is 2. The minimum absolute atomic E-state index is 0.208. The summed E-state index contributed by atoms with van der Waals surface area (Å²) in [6, 6.07) is 5.29. The van der Waals surface area contributed by atoms with Crippen LogP contribution in [0.2, 0.25) is 0 Å². The van der Waals surface area contributed by atoms with Crippen LogP contribution in [-0.4, -0.2) is 20.0 Å². The van der Waals surface area contributed by atoms with E-state index in [0.29, 0.717) is 21.5 Å². The normalized spacial score (nSPS) is 11.5. The van der Waals surface area contributed by atoms with E-state index in [1.165, 1.54) is 21.1 Å². The lowest BCUT2D eigenvalue weighted by Gasteiger charge is -2.13. The van der Waals surface area contributed by atoms with Gasteiger partial charge in [-0.15, -0.1) is 0 Å². The standard InChI is InChI=1S/C12H12BrNO3/c1-7(15)9(6-14)8-4-11(16-2)12(17-3)5-10(8)13/h4-5,9H,1-3H3. The first kappa shape index (κ1) is 13.5. The minimum Gasteiger partial charge on any atom is -0.493 e. The first-order valence-corrected chi connectivity index (χ1v) is 5.66. The fourth-order valence-corrected chi connectivity index (χ4v) is 2.02. The molecule has 0 spiro atoms. The lowest BCUT2D eigenvalue weighted by Crippen LogP contribution is -2.07. The Labute approximate surface area is 108 Å². The lowest BCUT2D eigenvalue weighted by molar-refractivity contribution is -0.117. The maximum atomic E-state index is 11.4. The first-order chi connectivity index (χ1) is 8.04. The Kier molecular flexibility index (Phi) is 4.53. The lowest BCUT2D eigenvalue weighted by atomic mass is 9.96. The van der Waals surface area contributed by atoms with E-state index in [9.17, 15) is 4.79 Å². The molecule has 1 aromatic carbocycles. The number of ketones is 1. The predicted molar refractivity (Wildman–Crippen MR) is 66.3 cm³/mol. The summed E-state index contributed by atoms with van der Waals surface area (Å²) in [7, 11) is 3.03. The molecule has 17 heavy (non-hydrogen) atoms. The molecule has 0 aromatic heterocycles. The summed E-state index contributed by atoms with van der Waals surface area (Å²) in [5, 5.41) is 9.00. The van der Waals surface area contributed by atoms with Gasteiger partial charge in [-0.25, -0.2) is 0 Å². The third kappa shape index (κ3) is 2.77. The van der Waals surface area contributed by atoms with Gasteiger partial charge in [-0.2, -0.15) is 5.26 Å². The van der Waals surface area contributed by atoms with E-state index in [-0.39, 0.29) is 5.78 Å². The number of halogens is 1. The van der Waals surface area contributed by atoms with Crippen LogP contribution < -0.4 is 9.47 Å². The highest BCUT2D eigenvalue weighted by Gasteiger charge is 2.21. The summed E-state index contributed by atoms with van der Waals surface area (Å²) in [5.41, 5.74) is 0.581. The number of carbonyl (C=O) groups is 1. The van der Waals surface area contributed by atoms with E-state index in [1.807, 2.05) is 6.07 Å². The molecule has 1 aromatic rings. The Morgan fingerprint density at radius 2 is 1.88 bits per heavy atom. The maximum absolute atomic E-state index is 11.4. The van der Waals surface area contributed by atoms with Gasteiger partial charge in [0.25, 0.3) is 0 Å². The smallest absolute Gasteiger partial charge is 0.161 e. The molecule has 5 heteroatoms. The molecule has 0 aliphatic heterocycles. The molecular formula is C12H12BrNO3. The minimum atomic E-state index is -0.802. The summed E-state index contributed by atoms with van der Waals surface area (Å²) in [5.74, 6) is 0.0279. The van der Waals surface area contributed by atoms with Gasteiger partial charge in [0.2, 0.25) is 0 Å². The molecule has 0 fully saturated rings. The quantitative estimate of drug-likeness (QED) is 0.857. The first-order valence-electron chi connectivity index (χ1n) is 4.86. The van der Waals surface area contributed by atoms with Crippen LogP contribution in [0.1, 0.15) is 18.4 Å². The number of carbonyl (C=O) groups excluding carboxylic acids is 1. The summed E-state index contributed by atoms with van der Waals surface area (Å²) < 4.78 is 10.9. The number of benzene rings is 1. The van der Waals surface area contributed by atoms with Crippen molar-refractivity contribution in [1.29, 1.82) is 5.26 Å². The van der Waals surface area contributed by atoms with Crippen molar-refractivity contribution in [1.82, 2.24) is 0 Å². The molecule has 1 rings (SSSR count). The Bertz CT molecular complexity index is 479. The van der Waals surface area contributed by atoms with E-state index >= 15 is 0 Å². The van der Waals surface area contributed by atoms with Crippen LogP contribution in [0.5, 0.6) is 11.5 Å². The van der Waals surface area contributed by atoms with Gasteiger partial charge in [0.05, 0.1) is 20.3 Å². The number of methoxy groups -OCH3 is 2. The van der Waals surface area contributed by atoms with Gasteiger partial charge < -0.3 is 9.47 Å². The highest BCUT2D eigenvalue weighted by Crippen LogP contribution is 2.36. The number of Topliss-reactive ketones (excluding diaryl/α,β-unsaturated/α-hetero) is 1. The summed E-state index contributed by atoms with van der Waals surface area (Å²) in [6.07, 6.45) is 0. The largest absolute Gasteiger partial charge is 0.493 e. The molecule has 0 aliphatic rings. The van der Waals surface area contributed by atoms with Crippen molar-refractivity contribution < 1.29 is 14.3 Å². The van der Waals surface area contributed by atoms with Crippen molar-refractivity contribution in [3.8, 4) is 17.6 Å². The van der Waals surface area contributed by atoms with Gasteiger partial charge in [-0.05, 0) is 24.6 Å². The zero-order valence-electron chi connectivity index (χ0n) is 9.78. The third-order valence-corrected chi connectivity index (χ3v) is 3.04. The molecule has 0 amide bonds. The molecule has 1 unspecified atom stereocenters. The molecule has 0 aliphatic carbocycles. The van der Waals surface area contributed by atoms with Gasteiger partial charge in [0.1, 0.15) is 5.92 Å².